The highest BCUT2D eigenvalue weighted by atomic mass is 32.2. The van der Waals surface area contributed by atoms with Crippen molar-refractivity contribution in [3.8, 4) is 0 Å². The number of carbonyl (C=O) groups is 1. The molecule has 0 heterocycles. The van der Waals surface area contributed by atoms with Gasteiger partial charge in [-0.15, -0.1) is 0 Å². The van der Waals surface area contributed by atoms with Crippen molar-refractivity contribution in [1.82, 2.24) is 4.31 Å². The highest BCUT2D eigenvalue weighted by Gasteiger charge is 2.17. The number of hydrogen-bond acceptors (Lipinski definition) is 3. The number of carbonyl (C=O) groups excluding carboxylic acids is 1. The van der Waals surface area contributed by atoms with Crippen LogP contribution in [0.2, 0.25) is 0 Å². The molecular formula is C15H16N2O3S. The monoisotopic (exact) mass is 304 g/mol. The lowest BCUT2D eigenvalue weighted by atomic mass is 10.2. The lowest BCUT2D eigenvalue weighted by Crippen LogP contribution is -2.22. The fourth-order valence-corrected chi connectivity index (χ4v) is 2.62. The molecule has 0 aliphatic carbocycles. The molecule has 0 saturated carbocycles. The predicted molar refractivity (Wildman–Crippen MR) is 81.7 cm³/mol. The van der Waals surface area contributed by atoms with Crippen LogP contribution in [-0.4, -0.2) is 32.7 Å². The summed E-state index contributed by atoms with van der Waals surface area (Å²) in [5.74, 6) is -0.282. The van der Waals surface area contributed by atoms with Gasteiger partial charge in [0.1, 0.15) is 0 Å². The van der Waals surface area contributed by atoms with Gasteiger partial charge in [-0.25, -0.2) is 12.7 Å². The molecule has 2 aromatic rings. The molecule has 2 rings (SSSR count). The molecule has 0 saturated heterocycles. The van der Waals surface area contributed by atoms with Gasteiger partial charge in [0.2, 0.25) is 10.0 Å². The lowest BCUT2D eigenvalue weighted by molar-refractivity contribution is 0.102. The van der Waals surface area contributed by atoms with Gasteiger partial charge in [0.05, 0.1) is 4.90 Å². The molecule has 110 valence electrons. The summed E-state index contributed by atoms with van der Waals surface area (Å²) < 4.78 is 25.0. The Morgan fingerprint density at radius 2 is 1.52 bits per heavy atom. The molecule has 0 fully saturated rings. The van der Waals surface area contributed by atoms with Crippen LogP contribution in [-0.2, 0) is 10.0 Å². The number of nitrogens with zero attached hydrogens (tertiary/aromatic N) is 1. The van der Waals surface area contributed by atoms with Gasteiger partial charge < -0.3 is 5.32 Å². The zero-order valence-corrected chi connectivity index (χ0v) is 12.6. The van der Waals surface area contributed by atoms with Crippen LogP contribution in [0.25, 0.3) is 0 Å². The zero-order chi connectivity index (χ0) is 15.5. The van der Waals surface area contributed by atoms with Crippen molar-refractivity contribution in [2.24, 2.45) is 0 Å². The van der Waals surface area contributed by atoms with Crippen molar-refractivity contribution in [3.05, 3.63) is 60.2 Å². The molecule has 0 unspecified atom stereocenters. The summed E-state index contributed by atoms with van der Waals surface area (Å²) in [7, 11) is -0.549. The fraction of sp³-hybridized carbons (Fsp3) is 0.133. The standard InChI is InChI=1S/C15H16N2O3S/c1-17(2)21(19,20)14-10-8-12(9-11-14)15(18)16-13-6-4-3-5-7-13/h3-11H,1-2H3,(H,16,18). The Morgan fingerprint density at radius 3 is 2.05 bits per heavy atom. The molecule has 0 spiro atoms. The van der Waals surface area contributed by atoms with Gasteiger partial charge in [-0.3, -0.25) is 4.79 Å². The molecule has 2 aromatic carbocycles. The second-order valence-electron chi connectivity index (χ2n) is 4.63. The van der Waals surface area contributed by atoms with Gasteiger partial charge in [-0.1, -0.05) is 18.2 Å². The Labute approximate surface area is 124 Å². The average Bonchev–Trinajstić information content (AvgIpc) is 2.48. The third kappa shape index (κ3) is 3.48. The second kappa shape index (κ2) is 6.07. The maximum atomic E-state index is 12.0. The first kappa shape index (κ1) is 15.2. The first-order chi connectivity index (χ1) is 9.91. The largest absolute Gasteiger partial charge is 0.322 e. The van der Waals surface area contributed by atoms with Gasteiger partial charge in [0.15, 0.2) is 0 Å². The van der Waals surface area contributed by atoms with E-state index in [4.69, 9.17) is 0 Å². The third-order valence-corrected chi connectivity index (χ3v) is 4.76. The third-order valence-electron chi connectivity index (χ3n) is 2.93. The van der Waals surface area contributed by atoms with Gasteiger partial charge >= 0.3 is 0 Å². The van der Waals surface area contributed by atoms with E-state index in [0.717, 1.165) is 4.31 Å². The van der Waals surface area contributed by atoms with Crippen LogP contribution in [0, 0.1) is 0 Å². The highest BCUT2D eigenvalue weighted by Crippen LogP contribution is 2.15. The van der Waals surface area contributed by atoms with Crippen LogP contribution in [0.4, 0.5) is 5.69 Å². The molecule has 1 amide bonds. The number of rotatable bonds is 4. The van der Waals surface area contributed by atoms with E-state index >= 15 is 0 Å². The first-order valence-electron chi connectivity index (χ1n) is 6.30. The number of para-hydroxylation sites is 1. The Bertz CT molecular complexity index is 723. The molecule has 5 nitrogen and oxygen atoms in total. The van der Waals surface area contributed by atoms with Crippen LogP contribution in [0.3, 0.4) is 0 Å². The minimum absolute atomic E-state index is 0.156. The van der Waals surface area contributed by atoms with E-state index in [1.807, 2.05) is 18.2 Å². The van der Waals surface area contributed by atoms with E-state index in [1.54, 1.807) is 12.1 Å². The summed E-state index contributed by atoms with van der Waals surface area (Å²) in [5.41, 5.74) is 1.09. The highest BCUT2D eigenvalue weighted by molar-refractivity contribution is 7.89. The molecule has 0 radical (unpaired) electrons. The van der Waals surface area contributed by atoms with Crippen LogP contribution < -0.4 is 5.32 Å². The smallest absolute Gasteiger partial charge is 0.255 e. The predicted octanol–water partition coefficient (Wildman–Crippen LogP) is 2.19. The summed E-state index contributed by atoms with van der Waals surface area (Å²) in [5, 5.41) is 2.74. The maximum Gasteiger partial charge on any atom is 0.255 e. The van der Waals surface area contributed by atoms with Crippen molar-refractivity contribution in [2.75, 3.05) is 19.4 Å². The van der Waals surface area contributed by atoms with Gasteiger partial charge in [0.25, 0.3) is 5.91 Å². The molecule has 21 heavy (non-hydrogen) atoms. The molecule has 0 aliphatic rings. The molecule has 6 heteroatoms. The minimum Gasteiger partial charge on any atom is -0.322 e. The number of amides is 1. The summed E-state index contributed by atoms with van der Waals surface area (Å²) in [6.07, 6.45) is 0. The van der Waals surface area contributed by atoms with Crippen molar-refractivity contribution in [2.45, 2.75) is 4.90 Å². The van der Waals surface area contributed by atoms with Crippen LogP contribution in [0.1, 0.15) is 10.4 Å². The number of anilines is 1. The van der Waals surface area contributed by atoms with E-state index in [-0.39, 0.29) is 10.8 Å². The van der Waals surface area contributed by atoms with E-state index in [2.05, 4.69) is 5.32 Å². The Morgan fingerprint density at radius 1 is 0.952 bits per heavy atom. The zero-order valence-electron chi connectivity index (χ0n) is 11.8. The number of sulfonamides is 1. The van der Waals surface area contributed by atoms with Crippen LogP contribution in [0.5, 0.6) is 0 Å². The van der Waals surface area contributed by atoms with Crippen molar-refractivity contribution in [3.63, 3.8) is 0 Å². The van der Waals surface area contributed by atoms with E-state index in [0.29, 0.717) is 11.3 Å². The van der Waals surface area contributed by atoms with Gasteiger partial charge in [-0.2, -0.15) is 0 Å². The molecule has 1 N–H and O–H groups in total. The lowest BCUT2D eigenvalue weighted by Gasteiger charge is -2.11. The Hall–Kier alpha value is -2.18. The van der Waals surface area contributed by atoms with Gasteiger partial charge in [-0.05, 0) is 36.4 Å². The maximum absolute atomic E-state index is 12.0. The van der Waals surface area contributed by atoms with Crippen LogP contribution in [0.15, 0.2) is 59.5 Å². The molecular weight excluding hydrogens is 288 g/mol. The number of nitrogens with one attached hydrogen (secondary N) is 1. The number of benzene rings is 2. The fourth-order valence-electron chi connectivity index (χ4n) is 1.71. The molecule has 0 aromatic heterocycles. The van der Waals surface area contributed by atoms with Gasteiger partial charge in [0, 0.05) is 25.3 Å². The summed E-state index contributed by atoms with van der Waals surface area (Å²) in [6.45, 7) is 0. The van der Waals surface area contributed by atoms with Crippen LogP contribution >= 0.6 is 0 Å². The summed E-state index contributed by atoms with van der Waals surface area (Å²) in [4.78, 5) is 12.2. The molecule has 0 aliphatic heterocycles. The van der Waals surface area contributed by atoms with Crippen molar-refractivity contribution in [1.29, 1.82) is 0 Å². The van der Waals surface area contributed by atoms with Crippen molar-refractivity contribution >= 4 is 21.6 Å². The Balaban J connectivity index is 2.18. The SMILES string of the molecule is CN(C)S(=O)(=O)c1ccc(C(=O)Nc2ccccc2)cc1. The summed E-state index contributed by atoms with van der Waals surface area (Å²) in [6, 6.07) is 14.9. The quantitative estimate of drug-likeness (QED) is 0.941. The van der Waals surface area contributed by atoms with E-state index < -0.39 is 10.0 Å². The summed E-state index contributed by atoms with van der Waals surface area (Å²) >= 11 is 0. The van der Waals surface area contributed by atoms with E-state index in [1.165, 1.54) is 38.4 Å². The molecule has 0 atom stereocenters. The number of hydrogen-bond donors (Lipinski definition) is 1. The Kier molecular flexibility index (Phi) is 4.40. The van der Waals surface area contributed by atoms with Crippen molar-refractivity contribution < 1.29 is 13.2 Å². The first-order valence-corrected chi connectivity index (χ1v) is 7.74. The molecule has 0 bridgehead atoms. The van der Waals surface area contributed by atoms with E-state index in [9.17, 15) is 13.2 Å². The minimum atomic E-state index is -3.48. The average molecular weight is 304 g/mol. The second-order valence-corrected chi connectivity index (χ2v) is 6.78. The topological polar surface area (TPSA) is 66.5 Å². The normalized spacial score (nSPS) is 11.4.